The maximum absolute atomic E-state index is 11.4. The van der Waals surface area contributed by atoms with E-state index >= 15 is 0 Å². The van der Waals surface area contributed by atoms with Gasteiger partial charge in [0.05, 0.1) is 0 Å². The van der Waals surface area contributed by atoms with Crippen molar-refractivity contribution in [3.63, 3.8) is 0 Å². The topological polar surface area (TPSA) is 57.6 Å². The van der Waals surface area contributed by atoms with Gasteiger partial charge in [-0.3, -0.25) is 9.59 Å². The fraction of sp³-hybridized carbons (Fsp3) is 0.800. The second-order valence-corrected chi connectivity index (χ2v) is 3.53. The fourth-order valence-electron chi connectivity index (χ4n) is 1.27. The summed E-state index contributed by atoms with van der Waals surface area (Å²) in [6, 6.07) is 0.149. The third-order valence-corrected chi connectivity index (χ3v) is 2.04. The Bertz CT molecular complexity index is 202. The summed E-state index contributed by atoms with van der Waals surface area (Å²) in [6.07, 6.45) is 1.13. The average Bonchev–Trinajstić information content (AvgIpc) is 2.10. The van der Waals surface area contributed by atoms with Gasteiger partial charge in [-0.05, 0) is 20.3 Å². The minimum absolute atomic E-state index is 0.0883. The molecule has 82 valence electrons. The number of aliphatic carboxylic acids is 1. The van der Waals surface area contributed by atoms with E-state index in [0.717, 1.165) is 0 Å². The molecule has 0 aromatic rings. The Morgan fingerprint density at radius 1 is 1.36 bits per heavy atom. The number of amides is 1. The van der Waals surface area contributed by atoms with E-state index in [9.17, 15) is 9.59 Å². The Morgan fingerprint density at radius 3 is 2.29 bits per heavy atom. The molecule has 14 heavy (non-hydrogen) atoms. The van der Waals surface area contributed by atoms with Crippen molar-refractivity contribution in [3.8, 4) is 0 Å². The zero-order valence-electron chi connectivity index (χ0n) is 9.12. The molecular weight excluding hydrogens is 182 g/mol. The monoisotopic (exact) mass is 201 g/mol. The molecule has 0 aliphatic heterocycles. The number of carboxylic acids is 1. The summed E-state index contributed by atoms with van der Waals surface area (Å²) in [5, 5.41) is 8.46. The van der Waals surface area contributed by atoms with Crippen molar-refractivity contribution in [1.29, 1.82) is 0 Å². The van der Waals surface area contributed by atoms with Crippen LogP contribution in [0.4, 0.5) is 0 Å². The predicted octanol–water partition coefficient (Wildman–Crippen LogP) is 1.50. The van der Waals surface area contributed by atoms with Crippen molar-refractivity contribution in [1.82, 2.24) is 4.90 Å². The number of nitrogens with zero attached hydrogens (tertiary/aromatic N) is 1. The molecule has 4 heteroatoms. The minimum Gasteiger partial charge on any atom is -0.481 e. The number of hydrogen-bond donors (Lipinski definition) is 1. The molecular formula is C10H19NO3. The van der Waals surface area contributed by atoms with Gasteiger partial charge in [0, 0.05) is 25.4 Å². The Kier molecular flexibility index (Phi) is 5.92. The second kappa shape index (κ2) is 6.40. The van der Waals surface area contributed by atoms with Gasteiger partial charge in [-0.25, -0.2) is 0 Å². The Morgan fingerprint density at radius 2 is 1.93 bits per heavy atom. The first-order chi connectivity index (χ1) is 6.49. The van der Waals surface area contributed by atoms with Crippen LogP contribution in [-0.2, 0) is 9.59 Å². The minimum atomic E-state index is -0.808. The molecule has 0 aliphatic rings. The lowest BCUT2D eigenvalue weighted by atomic mass is 10.2. The van der Waals surface area contributed by atoms with Crippen molar-refractivity contribution in [2.75, 3.05) is 6.54 Å². The van der Waals surface area contributed by atoms with Crippen LogP contribution in [0.1, 0.15) is 40.0 Å². The van der Waals surface area contributed by atoms with Crippen LogP contribution >= 0.6 is 0 Å². The number of hydrogen-bond acceptors (Lipinski definition) is 2. The van der Waals surface area contributed by atoms with Gasteiger partial charge in [0.2, 0.25) is 5.91 Å². The van der Waals surface area contributed by atoms with Gasteiger partial charge in [-0.1, -0.05) is 6.92 Å². The van der Waals surface area contributed by atoms with E-state index in [1.165, 1.54) is 0 Å². The highest BCUT2D eigenvalue weighted by molar-refractivity contribution is 5.76. The van der Waals surface area contributed by atoms with Crippen molar-refractivity contribution >= 4 is 11.9 Å². The maximum Gasteiger partial charge on any atom is 0.303 e. The van der Waals surface area contributed by atoms with Gasteiger partial charge in [-0.2, -0.15) is 0 Å². The Balaban J connectivity index is 3.98. The molecule has 4 nitrogen and oxygen atoms in total. The first-order valence-corrected chi connectivity index (χ1v) is 5.00. The molecule has 0 aromatic carbocycles. The highest BCUT2D eigenvalue weighted by Gasteiger charge is 2.14. The maximum atomic E-state index is 11.4. The summed E-state index contributed by atoms with van der Waals surface area (Å²) in [5.74, 6) is -0.719. The van der Waals surface area contributed by atoms with Gasteiger partial charge >= 0.3 is 5.97 Å². The lowest BCUT2D eigenvalue weighted by Gasteiger charge is -2.26. The largest absolute Gasteiger partial charge is 0.481 e. The van der Waals surface area contributed by atoms with Crippen LogP contribution in [0.5, 0.6) is 0 Å². The highest BCUT2D eigenvalue weighted by Crippen LogP contribution is 2.04. The number of carboxylic acid groups (broad SMARTS) is 1. The molecule has 0 saturated heterocycles. The summed E-state index contributed by atoms with van der Waals surface area (Å²) in [6.45, 7) is 6.23. The number of rotatable bonds is 6. The lowest BCUT2D eigenvalue weighted by Crippen LogP contribution is -2.37. The zero-order valence-corrected chi connectivity index (χ0v) is 9.12. The normalized spacial score (nSPS) is 10.3. The highest BCUT2D eigenvalue weighted by atomic mass is 16.4. The van der Waals surface area contributed by atoms with Crippen LogP contribution in [0.3, 0.4) is 0 Å². The average molecular weight is 201 g/mol. The van der Waals surface area contributed by atoms with Crippen LogP contribution in [0.2, 0.25) is 0 Å². The summed E-state index contributed by atoms with van der Waals surface area (Å²) in [5.41, 5.74) is 0. The van der Waals surface area contributed by atoms with E-state index in [2.05, 4.69) is 0 Å². The molecule has 0 fully saturated rings. The third kappa shape index (κ3) is 4.84. The van der Waals surface area contributed by atoms with E-state index in [0.29, 0.717) is 19.4 Å². The smallest absolute Gasteiger partial charge is 0.303 e. The third-order valence-electron chi connectivity index (χ3n) is 2.04. The molecule has 0 unspecified atom stereocenters. The van der Waals surface area contributed by atoms with E-state index in [1.54, 1.807) is 4.90 Å². The molecule has 1 N–H and O–H groups in total. The van der Waals surface area contributed by atoms with Gasteiger partial charge in [0.25, 0.3) is 0 Å². The molecule has 0 heterocycles. The fourth-order valence-corrected chi connectivity index (χ4v) is 1.27. The van der Waals surface area contributed by atoms with Crippen LogP contribution < -0.4 is 0 Å². The van der Waals surface area contributed by atoms with Gasteiger partial charge in [0.1, 0.15) is 0 Å². The summed E-state index contributed by atoms with van der Waals surface area (Å²) in [7, 11) is 0. The summed E-state index contributed by atoms with van der Waals surface area (Å²) >= 11 is 0. The first kappa shape index (κ1) is 12.9. The number of carbonyl (C=O) groups excluding carboxylic acids is 1. The number of carbonyl (C=O) groups is 2. The van der Waals surface area contributed by atoms with Crippen LogP contribution in [0, 0.1) is 0 Å². The summed E-state index contributed by atoms with van der Waals surface area (Å²) in [4.78, 5) is 23.4. The molecule has 0 radical (unpaired) electrons. The molecule has 0 saturated carbocycles. The molecule has 0 atom stereocenters. The van der Waals surface area contributed by atoms with Gasteiger partial charge in [0.15, 0.2) is 0 Å². The second-order valence-electron chi connectivity index (χ2n) is 3.53. The molecule has 1 amide bonds. The van der Waals surface area contributed by atoms with E-state index in [4.69, 9.17) is 5.11 Å². The molecule has 0 spiro atoms. The van der Waals surface area contributed by atoms with Crippen LogP contribution in [0.15, 0.2) is 0 Å². The van der Waals surface area contributed by atoms with Gasteiger partial charge in [-0.15, -0.1) is 0 Å². The lowest BCUT2D eigenvalue weighted by molar-refractivity contribution is -0.138. The molecule has 0 bridgehead atoms. The Labute approximate surface area is 84.9 Å². The van der Waals surface area contributed by atoms with Crippen molar-refractivity contribution < 1.29 is 14.7 Å². The zero-order chi connectivity index (χ0) is 11.1. The predicted molar refractivity (Wildman–Crippen MR) is 54.0 cm³/mol. The van der Waals surface area contributed by atoms with E-state index in [1.807, 2.05) is 20.8 Å². The molecule has 0 aromatic heterocycles. The van der Waals surface area contributed by atoms with E-state index < -0.39 is 5.97 Å². The first-order valence-electron chi connectivity index (χ1n) is 5.00. The van der Waals surface area contributed by atoms with E-state index in [-0.39, 0.29) is 18.4 Å². The van der Waals surface area contributed by atoms with Crippen molar-refractivity contribution in [3.05, 3.63) is 0 Å². The van der Waals surface area contributed by atoms with Crippen LogP contribution in [-0.4, -0.2) is 34.5 Å². The molecule has 0 aliphatic carbocycles. The van der Waals surface area contributed by atoms with Crippen LogP contribution in [0.25, 0.3) is 0 Å². The standard InChI is InChI=1S/C10H19NO3/c1-4-9(12)11(8(2)3)7-5-6-10(13)14/h8H,4-7H2,1-3H3,(H,13,14). The van der Waals surface area contributed by atoms with Crippen molar-refractivity contribution in [2.24, 2.45) is 0 Å². The van der Waals surface area contributed by atoms with Gasteiger partial charge < -0.3 is 10.0 Å². The summed E-state index contributed by atoms with van der Waals surface area (Å²) < 4.78 is 0. The SMILES string of the molecule is CCC(=O)N(CCCC(=O)O)C(C)C. The van der Waals surface area contributed by atoms with Crippen molar-refractivity contribution in [2.45, 2.75) is 46.1 Å². The quantitative estimate of drug-likeness (QED) is 0.708. The Hall–Kier alpha value is -1.06. The molecule has 0 rings (SSSR count).